The molecule has 0 saturated carbocycles. The van der Waals surface area contributed by atoms with Crippen molar-refractivity contribution in [3.8, 4) is 5.75 Å². The zero-order valence-electron chi connectivity index (χ0n) is 7.54. The minimum absolute atomic E-state index is 0.230. The van der Waals surface area contributed by atoms with Crippen molar-refractivity contribution in [3.05, 3.63) is 42.2 Å². The summed E-state index contributed by atoms with van der Waals surface area (Å²) in [5.74, 6) is -1.86. The first-order valence-corrected chi connectivity index (χ1v) is 3.95. The number of benzene rings is 1. The summed E-state index contributed by atoms with van der Waals surface area (Å²) in [5.41, 5.74) is -0.230. The van der Waals surface area contributed by atoms with Crippen molar-refractivity contribution in [3.63, 3.8) is 0 Å². The number of alkyl halides is 2. The Morgan fingerprint density at radius 1 is 1.47 bits per heavy atom. The summed E-state index contributed by atoms with van der Waals surface area (Å²) in [6.45, 7) is 0.159. The van der Waals surface area contributed by atoms with Gasteiger partial charge in [-0.1, -0.05) is 6.58 Å². The van der Waals surface area contributed by atoms with E-state index < -0.39 is 18.2 Å². The van der Waals surface area contributed by atoms with Crippen molar-refractivity contribution in [1.29, 1.82) is 0 Å². The maximum absolute atomic E-state index is 13.1. The molecule has 0 amide bonds. The molecule has 0 aliphatic heterocycles. The van der Waals surface area contributed by atoms with Crippen molar-refractivity contribution in [2.75, 3.05) is 0 Å². The van der Waals surface area contributed by atoms with E-state index in [9.17, 15) is 18.0 Å². The molecule has 1 aromatic carbocycles. The van der Waals surface area contributed by atoms with Crippen molar-refractivity contribution in [2.24, 2.45) is 0 Å². The number of allylic oxidation sites excluding steroid dienone is 1. The Balaban J connectivity index is 2.97. The number of ether oxygens (including phenoxy) is 1. The number of halogens is 3. The van der Waals surface area contributed by atoms with Crippen LogP contribution in [0.2, 0.25) is 0 Å². The van der Waals surface area contributed by atoms with E-state index in [0.717, 1.165) is 24.3 Å². The van der Waals surface area contributed by atoms with Gasteiger partial charge in [0.15, 0.2) is 5.78 Å². The third kappa shape index (κ3) is 2.83. The number of hydrogen-bond donors (Lipinski definition) is 0. The minimum Gasteiger partial charge on any atom is -0.435 e. The fourth-order valence-electron chi connectivity index (χ4n) is 0.982. The van der Waals surface area contributed by atoms with E-state index in [4.69, 9.17) is 0 Å². The largest absolute Gasteiger partial charge is 0.435 e. The lowest BCUT2D eigenvalue weighted by atomic mass is 10.1. The van der Waals surface area contributed by atoms with Crippen LogP contribution in [0.3, 0.4) is 0 Å². The van der Waals surface area contributed by atoms with Crippen molar-refractivity contribution in [1.82, 2.24) is 0 Å². The van der Waals surface area contributed by atoms with Crippen molar-refractivity contribution in [2.45, 2.75) is 6.61 Å². The minimum atomic E-state index is -3.02. The van der Waals surface area contributed by atoms with Crippen LogP contribution < -0.4 is 4.74 Å². The van der Waals surface area contributed by atoms with Crippen molar-refractivity contribution < 1.29 is 22.7 Å². The van der Waals surface area contributed by atoms with Gasteiger partial charge >= 0.3 is 6.61 Å². The van der Waals surface area contributed by atoms with E-state index in [1.54, 1.807) is 0 Å². The van der Waals surface area contributed by atoms with Gasteiger partial charge in [0, 0.05) is 6.07 Å². The third-order valence-corrected chi connectivity index (χ3v) is 1.62. The Kier molecular flexibility index (Phi) is 3.49. The molecule has 0 heterocycles. The topological polar surface area (TPSA) is 26.3 Å². The zero-order chi connectivity index (χ0) is 11.4. The van der Waals surface area contributed by atoms with Gasteiger partial charge in [-0.05, 0) is 18.2 Å². The highest BCUT2D eigenvalue weighted by atomic mass is 19.3. The summed E-state index contributed by atoms with van der Waals surface area (Å²) in [5, 5.41) is 0. The first kappa shape index (κ1) is 11.3. The van der Waals surface area contributed by atoms with Gasteiger partial charge in [-0.25, -0.2) is 4.39 Å². The summed E-state index contributed by atoms with van der Waals surface area (Å²) < 4.78 is 40.6. The molecule has 5 heteroatoms. The van der Waals surface area contributed by atoms with Crippen LogP contribution in [-0.4, -0.2) is 12.4 Å². The number of carbonyl (C=O) groups is 1. The van der Waals surface area contributed by atoms with Gasteiger partial charge < -0.3 is 4.74 Å². The molecule has 0 atom stereocenters. The maximum Gasteiger partial charge on any atom is 0.387 e. The zero-order valence-corrected chi connectivity index (χ0v) is 7.54. The average molecular weight is 216 g/mol. The normalized spacial score (nSPS) is 10.1. The van der Waals surface area contributed by atoms with E-state index >= 15 is 0 Å². The first-order chi connectivity index (χ1) is 7.04. The molecular weight excluding hydrogens is 209 g/mol. The molecule has 0 aliphatic carbocycles. The summed E-state index contributed by atoms with van der Waals surface area (Å²) in [4.78, 5) is 11.0. The smallest absolute Gasteiger partial charge is 0.387 e. The quantitative estimate of drug-likeness (QED) is 0.571. The molecule has 0 fully saturated rings. The number of rotatable bonds is 4. The molecule has 15 heavy (non-hydrogen) atoms. The van der Waals surface area contributed by atoms with E-state index in [-0.39, 0.29) is 11.3 Å². The lowest BCUT2D eigenvalue weighted by Gasteiger charge is -2.05. The van der Waals surface area contributed by atoms with Crippen LogP contribution in [0, 0.1) is 5.82 Å². The lowest BCUT2D eigenvalue weighted by Crippen LogP contribution is -2.04. The average Bonchev–Trinajstić information content (AvgIpc) is 2.16. The van der Waals surface area contributed by atoms with Gasteiger partial charge in [0.05, 0.1) is 5.56 Å². The fourth-order valence-corrected chi connectivity index (χ4v) is 0.982. The highest BCUT2D eigenvalue weighted by Gasteiger charge is 2.11. The van der Waals surface area contributed by atoms with Crippen LogP contribution in [-0.2, 0) is 0 Å². The molecule has 0 aromatic heterocycles. The van der Waals surface area contributed by atoms with Crippen LogP contribution in [0.25, 0.3) is 0 Å². The summed E-state index contributed by atoms with van der Waals surface area (Å²) in [6.07, 6.45) is 0.937. The Bertz CT molecular complexity index is 388. The summed E-state index contributed by atoms with van der Waals surface area (Å²) in [6, 6.07) is 2.88. The first-order valence-electron chi connectivity index (χ1n) is 3.95. The number of ketones is 1. The van der Waals surface area contributed by atoms with E-state index in [0.29, 0.717) is 0 Å². The molecular formula is C10H7F3O2. The predicted molar refractivity (Wildman–Crippen MR) is 47.6 cm³/mol. The van der Waals surface area contributed by atoms with E-state index in [2.05, 4.69) is 11.3 Å². The second-order valence-corrected chi connectivity index (χ2v) is 2.59. The van der Waals surface area contributed by atoms with E-state index in [1.807, 2.05) is 0 Å². The Labute approximate surface area is 84.0 Å². The third-order valence-electron chi connectivity index (χ3n) is 1.62. The Hall–Kier alpha value is -1.78. The lowest BCUT2D eigenvalue weighted by molar-refractivity contribution is -0.0499. The van der Waals surface area contributed by atoms with Crippen molar-refractivity contribution >= 4 is 5.78 Å². The second kappa shape index (κ2) is 4.63. The molecule has 0 saturated heterocycles. The Morgan fingerprint density at radius 2 is 2.13 bits per heavy atom. The highest BCUT2D eigenvalue weighted by molar-refractivity contribution is 6.04. The van der Waals surface area contributed by atoms with Gasteiger partial charge in [0.1, 0.15) is 11.6 Å². The summed E-state index contributed by atoms with van der Waals surface area (Å²) >= 11 is 0. The molecule has 0 unspecified atom stereocenters. The molecule has 1 aromatic rings. The SMILES string of the molecule is C=CC(=O)c1ccc(OC(F)F)cc1F. The van der Waals surface area contributed by atoms with Gasteiger partial charge in [0.25, 0.3) is 0 Å². The van der Waals surface area contributed by atoms with Crippen LogP contribution in [0.1, 0.15) is 10.4 Å². The molecule has 0 spiro atoms. The van der Waals surface area contributed by atoms with E-state index in [1.165, 1.54) is 0 Å². The van der Waals surface area contributed by atoms with Crippen LogP contribution in [0.4, 0.5) is 13.2 Å². The maximum atomic E-state index is 13.1. The fraction of sp³-hybridized carbons (Fsp3) is 0.100. The van der Waals surface area contributed by atoms with Crippen LogP contribution >= 0.6 is 0 Å². The van der Waals surface area contributed by atoms with Crippen LogP contribution in [0.15, 0.2) is 30.9 Å². The monoisotopic (exact) mass is 216 g/mol. The molecule has 0 radical (unpaired) electrons. The molecule has 0 aliphatic rings. The Morgan fingerprint density at radius 3 is 2.60 bits per heavy atom. The predicted octanol–water partition coefficient (Wildman–Crippen LogP) is 2.80. The van der Waals surface area contributed by atoms with Gasteiger partial charge in [-0.3, -0.25) is 4.79 Å². The summed E-state index contributed by atoms with van der Waals surface area (Å²) in [7, 11) is 0. The molecule has 0 bridgehead atoms. The molecule has 1 rings (SSSR count). The van der Waals surface area contributed by atoms with Gasteiger partial charge in [0.2, 0.25) is 0 Å². The molecule has 80 valence electrons. The molecule has 2 nitrogen and oxygen atoms in total. The van der Waals surface area contributed by atoms with Gasteiger partial charge in [-0.2, -0.15) is 8.78 Å². The van der Waals surface area contributed by atoms with Gasteiger partial charge in [-0.15, -0.1) is 0 Å². The van der Waals surface area contributed by atoms with Crippen LogP contribution in [0.5, 0.6) is 5.75 Å². The standard InChI is InChI=1S/C10H7F3O2/c1-2-9(14)7-4-3-6(5-8(7)11)15-10(12)13/h2-5,10H,1H2. The number of carbonyl (C=O) groups excluding carboxylic acids is 1. The number of hydrogen-bond acceptors (Lipinski definition) is 2. The second-order valence-electron chi connectivity index (χ2n) is 2.59. The molecule has 0 N–H and O–H groups in total. The highest BCUT2D eigenvalue weighted by Crippen LogP contribution is 2.19.